The van der Waals surface area contributed by atoms with Gasteiger partial charge in [0.05, 0.1) is 33.0 Å². The molecule has 2 N–H and O–H groups in total. The number of rotatable bonds is 6. The first-order chi connectivity index (χ1) is 10.2. The number of nitrogens with two attached hydrogens (primary N) is 1. The number of ether oxygens (including phenoxy) is 3. The Kier molecular flexibility index (Phi) is 5.88. The molecular weight excluding hydrogens is 266 g/mol. The molecule has 0 bridgehead atoms. The summed E-state index contributed by atoms with van der Waals surface area (Å²) in [6.07, 6.45) is 5.32. The summed E-state index contributed by atoms with van der Waals surface area (Å²) in [5.74, 6) is 2.15. The van der Waals surface area contributed by atoms with Crippen LogP contribution in [0.3, 0.4) is 0 Å². The van der Waals surface area contributed by atoms with Gasteiger partial charge in [0.15, 0.2) is 0 Å². The van der Waals surface area contributed by atoms with Gasteiger partial charge in [-0.15, -0.1) is 0 Å². The van der Waals surface area contributed by atoms with E-state index in [1.165, 1.54) is 19.3 Å². The second-order valence-electron chi connectivity index (χ2n) is 5.85. The van der Waals surface area contributed by atoms with Crippen LogP contribution in [0.15, 0.2) is 18.2 Å². The molecule has 1 aliphatic rings. The third-order valence-electron chi connectivity index (χ3n) is 4.36. The zero-order valence-corrected chi connectivity index (χ0v) is 13.3. The van der Waals surface area contributed by atoms with E-state index in [1.54, 1.807) is 14.2 Å². The van der Waals surface area contributed by atoms with Crippen LogP contribution in [0.5, 0.6) is 11.5 Å². The third-order valence-corrected chi connectivity index (χ3v) is 4.36. The Morgan fingerprint density at radius 3 is 2.62 bits per heavy atom. The monoisotopic (exact) mass is 293 g/mol. The highest BCUT2D eigenvalue weighted by Gasteiger charge is 2.23. The second-order valence-corrected chi connectivity index (χ2v) is 5.85. The molecule has 0 saturated heterocycles. The lowest BCUT2D eigenvalue weighted by atomic mass is 9.88. The van der Waals surface area contributed by atoms with E-state index < -0.39 is 0 Å². The minimum Gasteiger partial charge on any atom is -0.497 e. The fourth-order valence-corrected chi connectivity index (χ4v) is 2.97. The molecule has 4 heteroatoms. The van der Waals surface area contributed by atoms with Gasteiger partial charge >= 0.3 is 0 Å². The van der Waals surface area contributed by atoms with Gasteiger partial charge in [-0.05, 0) is 30.9 Å². The molecule has 1 aromatic carbocycles. The van der Waals surface area contributed by atoms with Crippen LogP contribution in [0.25, 0.3) is 0 Å². The molecule has 1 aromatic rings. The first-order valence-electron chi connectivity index (χ1n) is 7.74. The van der Waals surface area contributed by atoms with Crippen molar-refractivity contribution in [3.05, 3.63) is 23.8 Å². The van der Waals surface area contributed by atoms with Gasteiger partial charge in [0, 0.05) is 11.6 Å². The summed E-state index contributed by atoms with van der Waals surface area (Å²) in [5.41, 5.74) is 7.24. The highest BCUT2D eigenvalue weighted by molar-refractivity contribution is 5.42. The molecule has 1 aliphatic carbocycles. The van der Waals surface area contributed by atoms with E-state index in [0.717, 1.165) is 23.5 Å². The maximum atomic E-state index is 6.28. The van der Waals surface area contributed by atoms with Crippen LogP contribution in [0.2, 0.25) is 0 Å². The summed E-state index contributed by atoms with van der Waals surface area (Å²) < 4.78 is 16.7. The van der Waals surface area contributed by atoms with Crippen molar-refractivity contribution >= 4 is 0 Å². The Labute approximate surface area is 127 Å². The third kappa shape index (κ3) is 4.11. The Morgan fingerprint density at radius 1 is 1.19 bits per heavy atom. The molecule has 3 unspecified atom stereocenters. The highest BCUT2D eigenvalue weighted by atomic mass is 16.5. The van der Waals surface area contributed by atoms with Crippen LogP contribution in [-0.4, -0.2) is 26.9 Å². The molecule has 2 rings (SSSR count). The highest BCUT2D eigenvalue weighted by Crippen LogP contribution is 2.30. The van der Waals surface area contributed by atoms with E-state index in [4.69, 9.17) is 19.9 Å². The van der Waals surface area contributed by atoms with Gasteiger partial charge in [0.2, 0.25) is 0 Å². The van der Waals surface area contributed by atoms with Crippen molar-refractivity contribution in [3.63, 3.8) is 0 Å². The van der Waals surface area contributed by atoms with Crippen LogP contribution < -0.4 is 15.2 Å². The molecular formula is C17H27NO3. The van der Waals surface area contributed by atoms with Gasteiger partial charge in [-0.3, -0.25) is 0 Å². The van der Waals surface area contributed by atoms with Crippen LogP contribution in [-0.2, 0) is 4.74 Å². The van der Waals surface area contributed by atoms with E-state index in [1.807, 2.05) is 18.2 Å². The number of hydrogen-bond acceptors (Lipinski definition) is 4. The lowest BCUT2D eigenvalue weighted by Crippen LogP contribution is -2.29. The van der Waals surface area contributed by atoms with Gasteiger partial charge in [-0.1, -0.05) is 19.8 Å². The minimum atomic E-state index is -0.181. The second kappa shape index (κ2) is 7.66. The smallest absolute Gasteiger partial charge is 0.127 e. The van der Waals surface area contributed by atoms with E-state index in [-0.39, 0.29) is 6.04 Å². The Balaban J connectivity index is 1.97. The largest absolute Gasteiger partial charge is 0.497 e. The van der Waals surface area contributed by atoms with Crippen molar-refractivity contribution in [2.45, 2.75) is 44.8 Å². The topological polar surface area (TPSA) is 53.7 Å². The van der Waals surface area contributed by atoms with Crippen molar-refractivity contribution in [1.29, 1.82) is 0 Å². The average molecular weight is 293 g/mol. The molecule has 0 amide bonds. The first-order valence-corrected chi connectivity index (χ1v) is 7.74. The predicted molar refractivity (Wildman–Crippen MR) is 83.8 cm³/mol. The molecule has 118 valence electrons. The molecule has 0 spiro atoms. The summed E-state index contributed by atoms with van der Waals surface area (Å²) in [6, 6.07) is 5.54. The number of benzene rings is 1. The Hall–Kier alpha value is -1.26. The van der Waals surface area contributed by atoms with Crippen LogP contribution in [0, 0.1) is 5.92 Å². The van der Waals surface area contributed by atoms with Gasteiger partial charge in [-0.25, -0.2) is 0 Å². The van der Waals surface area contributed by atoms with E-state index in [9.17, 15) is 0 Å². The molecule has 3 atom stereocenters. The van der Waals surface area contributed by atoms with Crippen molar-refractivity contribution in [3.8, 4) is 11.5 Å². The molecule has 0 heterocycles. The van der Waals surface area contributed by atoms with Crippen LogP contribution in [0.1, 0.15) is 44.2 Å². The van der Waals surface area contributed by atoms with Crippen molar-refractivity contribution < 1.29 is 14.2 Å². The summed E-state index contributed by atoms with van der Waals surface area (Å²) in [7, 11) is 3.29. The van der Waals surface area contributed by atoms with E-state index in [2.05, 4.69) is 6.92 Å². The fourth-order valence-electron chi connectivity index (χ4n) is 2.97. The number of methoxy groups -OCH3 is 2. The molecule has 0 radical (unpaired) electrons. The van der Waals surface area contributed by atoms with Crippen LogP contribution >= 0.6 is 0 Å². The summed E-state index contributed by atoms with van der Waals surface area (Å²) in [4.78, 5) is 0. The van der Waals surface area contributed by atoms with Gasteiger partial charge in [-0.2, -0.15) is 0 Å². The number of hydrogen-bond donors (Lipinski definition) is 1. The van der Waals surface area contributed by atoms with Gasteiger partial charge in [0.25, 0.3) is 0 Å². The van der Waals surface area contributed by atoms with E-state index in [0.29, 0.717) is 18.6 Å². The lowest BCUT2D eigenvalue weighted by molar-refractivity contribution is -0.0115. The zero-order chi connectivity index (χ0) is 15.2. The van der Waals surface area contributed by atoms with Gasteiger partial charge in [0.1, 0.15) is 11.5 Å². The van der Waals surface area contributed by atoms with Gasteiger partial charge < -0.3 is 19.9 Å². The first kappa shape index (κ1) is 16.1. The normalized spacial score (nSPS) is 23.6. The maximum absolute atomic E-state index is 6.28. The molecule has 4 nitrogen and oxygen atoms in total. The summed E-state index contributed by atoms with van der Waals surface area (Å²) >= 11 is 0. The summed E-state index contributed by atoms with van der Waals surface area (Å²) in [5, 5.41) is 0. The molecule has 0 aromatic heterocycles. The van der Waals surface area contributed by atoms with Crippen molar-refractivity contribution in [2.24, 2.45) is 11.7 Å². The fraction of sp³-hybridized carbons (Fsp3) is 0.647. The quantitative estimate of drug-likeness (QED) is 0.874. The standard InChI is InChI=1S/C17H27NO3/c1-12-6-4-5-7-16(12)21-11-15(18)14-9-8-13(19-2)10-17(14)20-3/h8-10,12,15-16H,4-7,11,18H2,1-3H3. The molecule has 21 heavy (non-hydrogen) atoms. The lowest BCUT2D eigenvalue weighted by Gasteiger charge is -2.30. The SMILES string of the molecule is COc1ccc(C(N)COC2CCCCC2C)c(OC)c1. The van der Waals surface area contributed by atoms with Crippen molar-refractivity contribution in [2.75, 3.05) is 20.8 Å². The summed E-state index contributed by atoms with van der Waals surface area (Å²) in [6.45, 7) is 2.79. The van der Waals surface area contributed by atoms with Crippen molar-refractivity contribution in [1.82, 2.24) is 0 Å². The Morgan fingerprint density at radius 2 is 1.95 bits per heavy atom. The maximum Gasteiger partial charge on any atom is 0.127 e. The molecule has 1 saturated carbocycles. The molecule has 1 fully saturated rings. The minimum absolute atomic E-state index is 0.181. The zero-order valence-electron chi connectivity index (χ0n) is 13.3. The average Bonchev–Trinajstić information content (AvgIpc) is 2.53. The van der Waals surface area contributed by atoms with Crippen LogP contribution in [0.4, 0.5) is 0 Å². The molecule has 0 aliphatic heterocycles. The predicted octanol–water partition coefficient (Wildman–Crippen LogP) is 3.30. The Bertz CT molecular complexity index is 450. The van der Waals surface area contributed by atoms with E-state index >= 15 is 0 Å².